The largest absolute Gasteiger partial charge is 0.480 e. The van der Waals surface area contributed by atoms with Gasteiger partial charge in [-0.1, -0.05) is 29.8 Å². The van der Waals surface area contributed by atoms with E-state index in [0.29, 0.717) is 19.7 Å². The van der Waals surface area contributed by atoms with Gasteiger partial charge in [0.25, 0.3) is 0 Å². The Morgan fingerprint density at radius 3 is 2.76 bits per heavy atom. The van der Waals surface area contributed by atoms with Crippen LogP contribution in [0.3, 0.4) is 0 Å². The first-order chi connectivity index (χ1) is 10.1. The van der Waals surface area contributed by atoms with Crippen LogP contribution in [0.4, 0.5) is 0 Å². The minimum Gasteiger partial charge on any atom is -0.480 e. The molecule has 21 heavy (non-hydrogen) atoms. The number of carboxylic acid groups (broad SMARTS) is 1. The minimum atomic E-state index is -0.957. The predicted octanol–water partition coefficient (Wildman–Crippen LogP) is 0.397. The second-order valence-electron chi connectivity index (χ2n) is 5.16. The zero-order valence-electron chi connectivity index (χ0n) is 12.0. The summed E-state index contributed by atoms with van der Waals surface area (Å²) in [6.07, 6.45) is 0. The number of ether oxygens (including phenoxy) is 1. The number of carbonyl (C=O) groups is 2. The summed E-state index contributed by atoms with van der Waals surface area (Å²) in [6, 6.07) is 7.16. The number of rotatable bonds is 5. The zero-order valence-corrected chi connectivity index (χ0v) is 12.0. The molecule has 1 heterocycles. The summed E-state index contributed by atoms with van der Waals surface area (Å²) in [4.78, 5) is 24.7. The minimum absolute atomic E-state index is 0.0756. The molecule has 6 nitrogen and oxygen atoms in total. The van der Waals surface area contributed by atoms with E-state index >= 15 is 0 Å². The van der Waals surface area contributed by atoms with E-state index in [4.69, 9.17) is 9.84 Å². The topological polar surface area (TPSA) is 78.9 Å². The molecule has 1 aromatic rings. The number of amides is 1. The van der Waals surface area contributed by atoms with E-state index in [2.05, 4.69) is 5.32 Å². The summed E-state index contributed by atoms with van der Waals surface area (Å²) in [5, 5.41) is 11.9. The van der Waals surface area contributed by atoms with E-state index in [9.17, 15) is 9.59 Å². The van der Waals surface area contributed by atoms with Crippen LogP contribution in [0, 0.1) is 6.92 Å². The van der Waals surface area contributed by atoms with Gasteiger partial charge in [-0.15, -0.1) is 0 Å². The van der Waals surface area contributed by atoms with E-state index < -0.39 is 12.0 Å². The molecule has 0 saturated carbocycles. The van der Waals surface area contributed by atoms with E-state index in [0.717, 1.165) is 5.56 Å². The summed E-state index contributed by atoms with van der Waals surface area (Å²) in [6.45, 7) is 3.56. The van der Waals surface area contributed by atoms with Crippen molar-refractivity contribution in [1.82, 2.24) is 10.2 Å². The lowest BCUT2D eigenvalue weighted by molar-refractivity contribution is -0.150. The van der Waals surface area contributed by atoms with Gasteiger partial charge in [-0.2, -0.15) is 0 Å². The van der Waals surface area contributed by atoms with Crippen molar-refractivity contribution in [3.05, 3.63) is 35.4 Å². The number of carbonyl (C=O) groups excluding carboxylic acids is 1. The smallest absolute Gasteiger partial charge is 0.323 e. The van der Waals surface area contributed by atoms with Crippen molar-refractivity contribution in [1.29, 1.82) is 0 Å². The van der Waals surface area contributed by atoms with Gasteiger partial charge in [-0.05, 0) is 12.5 Å². The molecule has 0 spiro atoms. The molecule has 2 N–H and O–H groups in total. The number of benzene rings is 1. The summed E-state index contributed by atoms with van der Waals surface area (Å²) in [5.74, 6) is -1.13. The number of carboxylic acids is 1. The van der Waals surface area contributed by atoms with Gasteiger partial charge in [0.1, 0.15) is 6.04 Å². The Hall–Kier alpha value is -1.92. The van der Waals surface area contributed by atoms with Crippen LogP contribution in [-0.4, -0.2) is 54.2 Å². The molecule has 2 rings (SSSR count). The van der Waals surface area contributed by atoms with Crippen LogP contribution in [0.5, 0.6) is 0 Å². The van der Waals surface area contributed by atoms with Crippen LogP contribution in [0.15, 0.2) is 24.3 Å². The van der Waals surface area contributed by atoms with Crippen LogP contribution in [0.1, 0.15) is 11.1 Å². The molecule has 114 valence electrons. The molecule has 0 radical (unpaired) electrons. The molecule has 1 aromatic carbocycles. The summed E-state index contributed by atoms with van der Waals surface area (Å²) >= 11 is 0. The Bertz CT molecular complexity index is 501. The fraction of sp³-hybridized carbons (Fsp3) is 0.467. The molecule has 1 fully saturated rings. The number of hydrogen-bond donors (Lipinski definition) is 2. The Morgan fingerprint density at radius 2 is 2.10 bits per heavy atom. The monoisotopic (exact) mass is 292 g/mol. The average molecular weight is 292 g/mol. The number of nitrogens with zero attached hydrogens (tertiary/aromatic N) is 1. The first-order valence-corrected chi connectivity index (χ1v) is 6.93. The maximum absolute atomic E-state index is 11.9. The SMILES string of the molecule is Cc1ccc(CNC(=O)CN2CCOCC2C(=O)O)cc1. The molecular formula is C15H20N2O4. The molecule has 1 saturated heterocycles. The van der Waals surface area contributed by atoms with Crippen LogP contribution in [0.25, 0.3) is 0 Å². The first-order valence-electron chi connectivity index (χ1n) is 6.93. The zero-order chi connectivity index (χ0) is 15.2. The van der Waals surface area contributed by atoms with Gasteiger partial charge in [-0.3, -0.25) is 14.5 Å². The third kappa shape index (κ3) is 4.54. The van der Waals surface area contributed by atoms with Crippen molar-refractivity contribution >= 4 is 11.9 Å². The Morgan fingerprint density at radius 1 is 1.38 bits per heavy atom. The maximum atomic E-state index is 11.9. The lowest BCUT2D eigenvalue weighted by Gasteiger charge is -2.32. The normalized spacial score (nSPS) is 19.2. The van der Waals surface area contributed by atoms with Gasteiger partial charge in [0.05, 0.1) is 19.8 Å². The quantitative estimate of drug-likeness (QED) is 0.821. The molecule has 1 aliphatic rings. The van der Waals surface area contributed by atoms with Crippen molar-refractivity contribution in [2.75, 3.05) is 26.3 Å². The third-order valence-corrected chi connectivity index (χ3v) is 3.48. The second-order valence-corrected chi connectivity index (χ2v) is 5.16. The standard InChI is InChI=1S/C15H20N2O4/c1-11-2-4-12(5-3-11)8-16-14(18)9-17-6-7-21-10-13(17)15(19)20/h2-5,13H,6-10H2,1H3,(H,16,18)(H,19,20). The molecule has 1 amide bonds. The van der Waals surface area contributed by atoms with E-state index in [1.807, 2.05) is 31.2 Å². The highest BCUT2D eigenvalue weighted by Crippen LogP contribution is 2.07. The van der Waals surface area contributed by atoms with Crippen LogP contribution in [0.2, 0.25) is 0 Å². The Labute approximate surface area is 123 Å². The maximum Gasteiger partial charge on any atom is 0.323 e. The van der Waals surface area contributed by atoms with E-state index in [1.165, 1.54) is 5.56 Å². The van der Waals surface area contributed by atoms with Crippen molar-refractivity contribution in [2.24, 2.45) is 0 Å². The summed E-state index contributed by atoms with van der Waals surface area (Å²) < 4.78 is 5.14. The highest BCUT2D eigenvalue weighted by molar-refractivity contribution is 5.80. The third-order valence-electron chi connectivity index (χ3n) is 3.48. The van der Waals surface area contributed by atoms with Crippen molar-refractivity contribution in [2.45, 2.75) is 19.5 Å². The second kappa shape index (κ2) is 7.19. The van der Waals surface area contributed by atoms with Crippen molar-refractivity contribution < 1.29 is 19.4 Å². The van der Waals surface area contributed by atoms with E-state index in [1.54, 1.807) is 4.90 Å². The Balaban J connectivity index is 1.83. The van der Waals surface area contributed by atoms with Gasteiger partial charge < -0.3 is 15.2 Å². The van der Waals surface area contributed by atoms with Crippen LogP contribution in [-0.2, 0) is 20.9 Å². The number of aryl methyl sites for hydroxylation is 1. The molecule has 0 bridgehead atoms. The lowest BCUT2D eigenvalue weighted by Crippen LogP contribution is -2.53. The highest BCUT2D eigenvalue weighted by Gasteiger charge is 2.30. The first kappa shape index (κ1) is 15.5. The number of nitrogens with one attached hydrogen (secondary N) is 1. The van der Waals surface area contributed by atoms with Gasteiger partial charge in [0.2, 0.25) is 5.91 Å². The molecule has 0 aliphatic carbocycles. The van der Waals surface area contributed by atoms with Crippen molar-refractivity contribution in [3.8, 4) is 0 Å². The molecule has 1 aliphatic heterocycles. The molecule has 0 aromatic heterocycles. The predicted molar refractivity (Wildman–Crippen MR) is 76.8 cm³/mol. The number of hydrogen-bond acceptors (Lipinski definition) is 4. The Kier molecular flexibility index (Phi) is 5.30. The number of aliphatic carboxylic acids is 1. The van der Waals surface area contributed by atoms with Crippen molar-refractivity contribution in [3.63, 3.8) is 0 Å². The van der Waals surface area contributed by atoms with Gasteiger partial charge in [-0.25, -0.2) is 0 Å². The average Bonchev–Trinajstić information content (AvgIpc) is 2.47. The fourth-order valence-electron chi connectivity index (χ4n) is 2.20. The molecule has 1 atom stereocenters. The van der Waals surface area contributed by atoms with Gasteiger partial charge >= 0.3 is 5.97 Å². The van der Waals surface area contributed by atoms with Crippen LogP contribution >= 0.6 is 0 Å². The van der Waals surface area contributed by atoms with Gasteiger partial charge in [0.15, 0.2) is 0 Å². The lowest BCUT2D eigenvalue weighted by atomic mass is 10.1. The number of morpholine rings is 1. The highest BCUT2D eigenvalue weighted by atomic mass is 16.5. The fourth-order valence-corrected chi connectivity index (χ4v) is 2.20. The summed E-state index contributed by atoms with van der Waals surface area (Å²) in [5.41, 5.74) is 2.19. The van der Waals surface area contributed by atoms with Gasteiger partial charge in [0, 0.05) is 13.1 Å². The molecular weight excluding hydrogens is 272 g/mol. The van der Waals surface area contributed by atoms with Crippen LogP contribution < -0.4 is 5.32 Å². The molecule has 6 heteroatoms. The molecule has 1 unspecified atom stereocenters. The summed E-state index contributed by atoms with van der Waals surface area (Å²) in [7, 11) is 0. The van der Waals surface area contributed by atoms with E-state index in [-0.39, 0.29) is 19.1 Å².